The molecule has 0 unspecified atom stereocenters. The van der Waals surface area contributed by atoms with Crippen molar-refractivity contribution in [1.82, 2.24) is 4.98 Å². The first kappa shape index (κ1) is 13.8. The molecule has 2 rings (SSSR count). The summed E-state index contributed by atoms with van der Waals surface area (Å²) in [5.41, 5.74) is 0.740. The molecule has 0 aliphatic carbocycles. The Hall–Kier alpha value is -2.63. The molecule has 2 aromatic heterocycles. The fraction of sp³-hybridized carbons (Fsp3) is 0.214. The predicted molar refractivity (Wildman–Crippen MR) is 71.4 cm³/mol. The Bertz CT molecular complexity index is 607. The van der Waals surface area contributed by atoms with Crippen LogP contribution in [0.4, 0.5) is 5.82 Å². The number of amides is 1. The largest absolute Gasteiger partial charge is 0.468 e. The number of esters is 1. The standard InChI is InChI=1S/C14H14N2O4/c1-10-5-3-7-12(15-10)16(9-13(17)19-2)14(18)11-6-4-8-20-11/h3-8H,9H2,1-2H3. The summed E-state index contributed by atoms with van der Waals surface area (Å²) in [5, 5.41) is 0. The van der Waals surface area contributed by atoms with Crippen molar-refractivity contribution in [1.29, 1.82) is 0 Å². The summed E-state index contributed by atoms with van der Waals surface area (Å²) in [6.07, 6.45) is 1.40. The Labute approximate surface area is 116 Å². The van der Waals surface area contributed by atoms with Crippen molar-refractivity contribution in [2.24, 2.45) is 0 Å². The van der Waals surface area contributed by atoms with Crippen molar-refractivity contribution >= 4 is 17.7 Å². The molecule has 0 fully saturated rings. The number of aryl methyl sites for hydroxylation is 1. The van der Waals surface area contributed by atoms with Crippen LogP contribution in [0.25, 0.3) is 0 Å². The zero-order valence-corrected chi connectivity index (χ0v) is 11.2. The van der Waals surface area contributed by atoms with Crippen LogP contribution in [0.1, 0.15) is 16.2 Å². The monoisotopic (exact) mass is 274 g/mol. The molecule has 0 N–H and O–H groups in total. The van der Waals surface area contributed by atoms with E-state index in [1.807, 2.05) is 0 Å². The summed E-state index contributed by atoms with van der Waals surface area (Å²) in [6, 6.07) is 8.35. The van der Waals surface area contributed by atoms with Gasteiger partial charge in [-0.1, -0.05) is 6.07 Å². The maximum Gasteiger partial charge on any atom is 0.325 e. The average Bonchev–Trinajstić information content (AvgIpc) is 2.97. The molecular weight excluding hydrogens is 260 g/mol. The summed E-state index contributed by atoms with van der Waals surface area (Å²) in [6.45, 7) is 1.57. The Balaban J connectivity index is 2.34. The maximum absolute atomic E-state index is 12.4. The molecule has 0 spiro atoms. The molecular formula is C14H14N2O4. The summed E-state index contributed by atoms with van der Waals surface area (Å²) in [7, 11) is 1.27. The molecule has 0 saturated carbocycles. The first-order chi connectivity index (χ1) is 9.61. The average molecular weight is 274 g/mol. The van der Waals surface area contributed by atoms with Gasteiger partial charge < -0.3 is 9.15 Å². The topological polar surface area (TPSA) is 72.6 Å². The van der Waals surface area contributed by atoms with E-state index >= 15 is 0 Å². The molecule has 0 saturated heterocycles. The third-order valence-corrected chi connectivity index (χ3v) is 2.64. The molecule has 1 amide bonds. The van der Waals surface area contributed by atoms with Crippen LogP contribution in [0.3, 0.4) is 0 Å². The first-order valence-corrected chi connectivity index (χ1v) is 5.97. The lowest BCUT2D eigenvalue weighted by Gasteiger charge is -2.19. The highest BCUT2D eigenvalue weighted by Crippen LogP contribution is 2.15. The second-order valence-corrected chi connectivity index (χ2v) is 4.08. The van der Waals surface area contributed by atoms with E-state index in [0.717, 1.165) is 5.69 Å². The molecule has 0 bridgehead atoms. The number of methoxy groups -OCH3 is 1. The van der Waals surface area contributed by atoms with E-state index in [0.29, 0.717) is 5.82 Å². The van der Waals surface area contributed by atoms with Crippen LogP contribution < -0.4 is 4.90 Å². The van der Waals surface area contributed by atoms with Crippen LogP contribution in [-0.4, -0.2) is 30.5 Å². The summed E-state index contributed by atoms with van der Waals surface area (Å²) < 4.78 is 9.68. The van der Waals surface area contributed by atoms with Crippen molar-refractivity contribution in [3.05, 3.63) is 48.0 Å². The van der Waals surface area contributed by atoms with Gasteiger partial charge in [-0.15, -0.1) is 0 Å². The zero-order chi connectivity index (χ0) is 14.5. The first-order valence-electron chi connectivity index (χ1n) is 5.97. The molecule has 0 radical (unpaired) electrons. The van der Waals surface area contributed by atoms with Gasteiger partial charge in [-0.25, -0.2) is 4.98 Å². The summed E-state index contributed by atoms with van der Waals surface area (Å²) >= 11 is 0. The van der Waals surface area contributed by atoms with Gasteiger partial charge in [0.2, 0.25) is 0 Å². The molecule has 6 nitrogen and oxygen atoms in total. The molecule has 6 heteroatoms. The number of hydrogen-bond acceptors (Lipinski definition) is 5. The van der Waals surface area contributed by atoms with E-state index in [4.69, 9.17) is 4.42 Å². The summed E-state index contributed by atoms with van der Waals surface area (Å²) in [4.78, 5) is 29.3. The second kappa shape index (κ2) is 6.01. The van der Waals surface area contributed by atoms with Crippen LogP contribution in [0, 0.1) is 6.92 Å². The van der Waals surface area contributed by atoms with Gasteiger partial charge in [-0.2, -0.15) is 0 Å². The highest BCUT2D eigenvalue weighted by Gasteiger charge is 2.24. The van der Waals surface area contributed by atoms with Gasteiger partial charge in [0.1, 0.15) is 12.4 Å². The number of ether oxygens (including phenoxy) is 1. The van der Waals surface area contributed by atoms with E-state index < -0.39 is 11.9 Å². The van der Waals surface area contributed by atoms with Gasteiger partial charge in [0.15, 0.2) is 5.76 Å². The Morgan fingerprint density at radius 1 is 1.30 bits per heavy atom. The Kier molecular flexibility index (Phi) is 4.14. The molecule has 2 aromatic rings. The van der Waals surface area contributed by atoms with E-state index in [-0.39, 0.29) is 12.3 Å². The van der Waals surface area contributed by atoms with Gasteiger partial charge in [-0.3, -0.25) is 14.5 Å². The van der Waals surface area contributed by atoms with Crippen molar-refractivity contribution in [3.63, 3.8) is 0 Å². The third kappa shape index (κ3) is 3.03. The maximum atomic E-state index is 12.4. The molecule has 0 aliphatic rings. The van der Waals surface area contributed by atoms with Gasteiger partial charge in [0, 0.05) is 5.69 Å². The highest BCUT2D eigenvalue weighted by molar-refractivity contribution is 6.06. The van der Waals surface area contributed by atoms with E-state index in [2.05, 4.69) is 9.72 Å². The Morgan fingerprint density at radius 2 is 2.10 bits per heavy atom. The smallest absolute Gasteiger partial charge is 0.325 e. The number of carbonyl (C=O) groups excluding carboxylic acids is 2. The fourth-order valence-electron chi connectivity index (χ4n) is 1.66. The van der Waals surface area contributed by atoms with Crippen LogP contribution in [0.15, 0.2) is 41.0 Å². The molecule has 0 aromatic carbocycles. The molecule has 0 atom stereocenters. The van der Waals surface area contributed by atoms with E-state index in [1.165, 1.54) is 24.3 Å². The normalized spacial score (nSPS) is 10.1. The van der Waals surface area contributed by atoms with Crippen LogP contribution in [0.5, 0.6) is 0 Å². The fourth-order valence-corrected chi connectivity index (χ4v) is 1.66. The van der Waals surface area contributed by atoms with Crippen molar-refractivity contribution in [2.45, 2.75) is 6.92 Å². The summed E-state index contributed by atoms with van der Waals surface area (Å²) in [5.74, 6) is -0.472. The molecule has 20 heavy (non-hydrogen) atoms. The number of aromatic nitrogens is 1. The van der Waals surface area contributed by atoms with Crippen molar-refractivity contribution in [2.75, 3.05) is 18.6 Å². The van der Waals surface area contributed by atoms with E-state index in [9.17, 15) is 9.59 Å². The zero-order valence-electron chi connectivity index (χ0n) is 11.2. The second-order valence-electron chi connectivity index (χ2n) is 4.08. The van der Waals surface area contributed by atoms with Crippen LogP contribution in [0.2, 0.25) is 0 Å². The van der Waals surface area contributed by atoms with Crippen molar-refractivity contribution < 1.29 is 18.7 Å². The minimum atomic E-state index is -0.534. The number of furan rings is 1. The highest BCUT2D eigenvalue weighted by atomic mass is 16.5. The third-order valence-electron chi connectivity index (χ3n) is 2.64. The molecule has 104 valence electrons. The van der Waals surface area contributed by atoms with Gasteiger partial charge in [0.05, 0.1) is 13.4 Å². The number of hydrogen-bond donors (Lipinski definition) is 0. The van der Waals surface area contributed by atoms with Crippen LogP contribution >= 0.6 is 0 Å². The van der Waals surface area contributed by atoms with Crippen molar-refractivity contribution in [3.8, 4) is 0 Å². The lowest BCUT2D eigenvalue weighted by molar-refractivity contribution is -0.138. The predicted octanol–water partition coefficient (Wildman–Crippen LogP) is 1.80. The minimum absolute atomic E-state index is 0.136. The minimum Gasteiger partial charge on any atom is -0.468 e. The van der Waals surface area contributed by atoms with Crippen LogP contribution in [-0.2, 0) is 9.53 Å². The number of carbonyl (C=O) groups is 2. The number of anilines is 1. The van der Waals surface area contributed by atoms with E-state index in [1.54, 1.807) is 31.2 Å². The lowest BCUT2D eigenvalue weighted by atomic mass is 10.3. The lowest BCUT2D eigenvalue weighted by Crippen LogP contribution is -2.36. The number of nitrogens with zero attached hydrogens (tertiary/aromatic N) is 2. The molecule has 0 aliphatic heterocycles. The number of pyridine rings is 1. The van der Waals surface area contributed by atoms with Gasteiger partial charge in [0.25, 0.3) is 5.91 Å². The molecule has 2 heterocycles. The SMILES string of the molecule is COC(=O)CN(C(=O)c1ccco1)c1cccc(C)n1. The van der Waals surface area contributed by atoms with Gasteiger partial charge >= 0.3 is 5.97 Å². The number of rotatable bonds is 4. The Morgan fingerprint density at radius 3 is 2.70 bits per heavy atom. The quantitative estimate of drug-likeness (QED) is 0.795. The van der Waals surface area contributed by atoms with Gasteiger partial charge in [-0.05, 0) is 31.2 Å².